The quantitative estimate of drug-likeness (QED) is 0.909. The molecule has 0 aromatic carbocycles. The number of aromatic amines is 1. The first kappa shape index (κ1) is 14.7. The number of rotatable bonds is 3. The zero-order chi connectivity index (χ0) is 15.7. The summed E-state index contributed by atoms with van der Waals surface area (Å²) in [5, 5.41) is 10.1. The zero-order valence-electron chi connectivity index (χ0n) is 13.0. The fourth-order valence-corrected chi connectivity index (χ4v) is 2.82. The summed E-state index contributed by atoms with van der Waals surface area (Å²) in [6.45, 7) is 6.42. The number of pyridine rings is 1. The van der Waals surface area contributed by atoms with E-state index in [0.29, 0.717) is 18.7 Å². The molecule has 6 nitrogen and oxygen atoms in total. The van der Waals surface area contributed by atoms with Crippen LogP contribution in [-0.4, -0.2) is 27.2 Å². The Morgan fingerprint density at radius 2 is 2.32 bits per heavy atom. The normalized spacial score (nSPS) is 20.5. The molecule has 0 radical (unpaired) electrons. The third-order valence-electron chi connectivity index (χ3n) is 4.02. The van der Waals surface area contributed by atoms with Crippen molar-refractivity contribution in [3.8, 4) is 0 Å². The van der Waals surface area contributed by atoms with Crippen molar-refractivity contribution in [2.75, 3.05) is 0 Å². The summed E-state index contributed by atoms with van der Waals surface area (Å²) in [5.74, 6) is -0.157. The van der Waals surface area contributed by atoms with Gasteiger partial charge in [-0.1, -0.05) is 0 Å². The van der Waals surface area contributed by atoms with E-state index in [0.717, 1.165) is 22.4 Å². The zero-order valence-corrected chi connectivity index (χ0v) is 13.0. The Balaban J connectivity index is 1.75. The van der Waals surface area contributed by atoms with E-state index in [-0.39, 0.29) is 18.1 Å². The van der Waals surface area contributed by atoms with E-state index in [9.17, 15) is 4.79 Å². The van der Waals surface area contributed by atoms with Crippen LogP contribution >= 0.6 is 0 Å². The van der Waals surface area contributed by atoms with E-state index in [4.69, 9.17) is 4.74 Å². The van der Waals surface area contributed by atoms with Gasteiger partial charge in [0.1, 0.15) is 0 Å². The lowest BCUT2D eigenvalue weighted by molar-refractivity contribution is -0.00697. The third kappa shape index (κ3) is 2.74. The van der Waals surface area contributed by atoms with Crippen LogP contribution in [0.25, 0.3) is 0 Å². The average Bonchev–Trinajstić information content (AvgIpc) is 2.90. The number of carbonyl (C=O) groups excluding carboxylic acids is 1. The second kappa shape index (κ2) is 5.88. The Labute approximate surface area is 129 Å². The molecule has 0 fully saturated rings. The first-order valence-electron chi connectivity index (χ1n) is 7.46. The molecule has 2 aromatic rings. The summed E-state index contributed by atoms with van der Waals surface area (Å²) in [4.78, 5) is 16.5. The molecule has 6 heteroatoms. The van der Waals surface area contributed by atoms with Crippen molar-refractivity contribution >= 4 is 5.91 Å². The SMILES string of the molecule is Cc1cnccc1CNC(=O)c1n[nH]c2c1C[C@@H](C)O[C@H]2C. The van der Waals surface area contributed by atoms with Crippen LogP contribution in [0.3, 0.4) is 0 Å². The van der Waals surface area contributed by atoms with Gasteiger partial charge in [0, 0.05) is 30.9 Å². The maximum Gasteiger partial charge on any atom is 0.272 e. The van der Waals surface area contributed by atoms with E-state index in [1.807, 2.05) is 26.8 Å². The first-order chi connectivity index (χ1) is 10.6. The minimum Gasteiger partial charge on any atom is -0.369 e. The Bertz CT molecular complexity index is 695. The highest BCUT2D eigenvalue weighted by Crippen LogP contribution is 2.30. The summed E-state index contributed by atoms with van der Waals surface area (Å²) < 4.78 is 5.74. The molecule has 0 unspecified atom stereocenters. The van der Waals surface area contributed by atoms with Gasteiger partial charge in [-0.3, -0.25) is 14.9 Å². The molecule has 2 aromatic heterocycles. The lowest BCUT2D eigenvalue weighted by Gasteiger charge is -2.25. The summed E-state index contributed by atoms with van der Waals surface area (Å²) in [6, 6.07) is 1.91. The molecular formula is C16H20N4O2. The number of hydrogen-bond donors (Lipinski definition) is 2. The highest BCUT2D eigenvalue weighted by Gasteiger charge is 2.29. The van der Waals surface area contributed by atoms with Crippen molar-refractivity contribution < 1.29 is 9.53 Å². The monoisotopic (exact) mass is 300 g/mol. The number of nitrogens with zero attached hydrogens (tertiary/aromatic N) is 2. The number of ether oxygens (including phenoxy) is 1. The Kier molecular flexibility index (Phi) is 3.94. The fraction of sp³-hybridized carbons (Fsp3) is 0.438. The maximum atomic E-state index is 12.4. The molecule has 22 heavy (non-hydrogen) atoms. The predicted octanol–water partition coefficient (Wildman–Crippen LogP) is 2.07. The van der Waals surface area contributed by atoms with Crippen molar-refractivity contribution in [2.45, 2.75) is 45.9 Å². The van der Waals surface area contributed by atoms with Crippen LogP contribution in [0.4, 0.5) is 0 Å². The molecule has 1 aliphatic rings. The van der Waals surface area contributed by atoms with Gasteiger partial charge in [0.25, 0.3) is 5.91 Å². The first-order valence-corrected chi connectivity index (χ1v) is 7.46. The van der Waals surface area contributed by atoms with Crippen LogP contribution in [0.5, 0.6) is 0 Å². The number of hydrogen-bond acceptors (Lipinski definition) is 4. The van der Waals surface area contributed by atoms with Crippen LogP contribution in [0.1, 0.15) is 52.8 Å². The number of nitrogens with one attached hydrogen (secondary N) is 2. The third-order valence-corrected chi connectivity index (χ3v) is 4.02. The molecule has 2 N–H and O–H groups in total. The van der Waals surface area contributed by atoms with Gasteiger partial charge in [0.2, 0.25) is 0 Å². The van der Waals surface area contributed by atoms with Gasteiger partial charge in [0.05, 0.1) is 17.9 Å². The molecule has 0 saturated carbocycles. The Morgan fingerprint density at radius 1 is 1.50 bits per heavy atom. The molecule has 0 bridgehead atoms. The molecule has 3 rings (SSSR count). The Hall–Kier alpha value is -2.21. The largest absolute Gasteiger partial charge is 0.369 e. The highest BCUT2D eigenvalue weighted by molar-refractivity contribution is 5.94. The lowest BCUT2D eigenvalue weighted by atomic mass is 9.99. The van der Waals surface area contributed by atoms with E-state index in [2.05, 4.69) is 20.5 Å². The van der Waals surface area contributed by atoms with Crippen molar-refractivity contribution in [3.63, 3.8) is 0 Å². The summed E-state index contributed by atoms with van der Waals surface area (Å²) >= 11 is 0. The van der Waals surface area contributed by atoms with Crippen molar-refractivity contribution in [1.29, 1.82) is 0 Å². The van der Waals surface area contributed by atoms with Gasteiger partial charge in [-0.15, -0.1) is 0 Å². The minimum absolute atomic E-state index is 0.0600. The average molecular weight is 300 g/mol. The topological polar surface area (TPSA) is 79.9 Å². The van der Waals surface area contributed by atoms with Crippen LogP contribution in [0.2, 0.25) is 0 Å². The molecule has 0 aliphatic carbocycles. The van der Waals surface area contributed by atoms with Crippen molar-refractivity contribution in [1.82, 2.24) is 20.5 Å². The molecule has 3 heterocycles. The second-order valence-corrected chi connectivity index (χ2v) is 5.74. The summed E-state index contributed by atoms with van der Waals surface area (Å²) in [5.41, 5.74) is 4.46. The predicted molar refractivity (Wildman–Crippen MR) is 81.4 cm³/mol. The number of H-pyrrole nitrogens is 1. The van der Waals surface area contributed by atoms with Crippen molar-refractivity contribution in [2.24, 2.45) is 0 Å². The summed E-state index contributed by atoms with van der Waals surface area (Å²) in [6.07, 6.45) is 4.25. The highest BCUT2D eigenvalue weighted by atomic mass is 16.5. The lowest BCUT2D eigenvalue weighted by Crippen LogP contribution is -2.27. The number of aryl methyl sites for hydroxylation is 1. The molecule has 0 saturated heterocycles. The van der Waals surface area contributed by atoms with Gasteiger partial charge in [0.15, 0.2) is 5.69 Å². The van der Waals surface area contributed by atoms with Crippen LogP contribution < -0.4 is 5.32 Å². The molecule has 2 atom stereocenters. The second-order valence-electron chi connectivity index (χ2n) is 5.74. The molecule has 1 aliphatic heterocycles. The number of carbonyl (C=O) groups is 1. The van der Waals surface area contributed by atoms with E-state index in [1.165, 1.54) is 0 Å². The standard InChI is InChI=1S/C16H20N4O2/c1-9-7-17-5-4-12(9)8-18-16(21)15-13-6-10(2)22-11(3)14(13)19-20-15/h4-5,7,10-11H,6,8H2,1-3H3,(H,18,21)(H,19,20)/t10-,11+/m1/s1. The van der Waals surface area contributed by atoms with Gasteiger partial charge < -0.3 is 10.1 Å². The van der Waals surface area contributed by atoms with Gasteiger partial charge in [-0.2, -0.15) is 5.10 Å². The number of aromatic nitrogens is 3. The van der Waals surface area contributed by atoms with E-state index in [1.54, 1.807) is 12.4 Å². The van der Waals surface area contributed by atoms with E-state index < -0.39 is 0 Å². The molecule has 1 amide bonds. The van der Waals surface area contributed by atoms with Gasteiger partial charge in [-0.05, 0) is 38.0 Å². The summed E-state index contributed by atoms with van der Waals surface area (Å²) in [7, 11) is 0. The van der Waals surface area contributed by atoms with Crippen LogP contribution in [0.15, 0.2) is 18.5 Å². The van der Waals surface area contributed by atoms with Crippen molar-refractivity contribution in [3.05, 3.63) is 46.5 Å². The van der Waals surface area contributed by atoms with Gasteiger partial charge in [-0.25, -0.2) is 0 Å². The van der Waals surface area contributed by atoms with Gasteiger partial charge >= 0.3 is 0 Å². The number of amides is 1. The molecule has 0 spiro atoms. The van der Waals surface area contributed by atoms with Crippen LogP contribution in [-0.2, 0) is 17.7 Å². The molecule has 116 valence electrons. The number of fused-ring (bicyclic) bond motifs is 1. The Morgan fingerprint density at radius 3 is 3.09 bits per heavy atom. The smallest absolute Gasteiger partial charge is 0.272 e. The van der Waals surface area contributed by atoms with Crippen LogP contribution in [0, 0.1) is 6.92 Å². The fourth-order valence-electron chi connectivity index (χ4n) is 2.82. The maximum absolute atomic E-state index is 12.4. The van der Waals surface area contributed by atoms with E-state index >= 15 is 0 Å². The minimum atomic E-state index is -0.157. The molecular weight excluding hydrogens is 280 g/mol.